The molecule has 1 aliphatic heterocycles. The zero-order chi connectivity index (χ0) is 17.4. The van der Waals surface area contributed by atoms with Crippen molar-refractivity contribution in [3.63, 3.8) is 0 Å². The van der Waals surface area contributed by atoms with Crippen LogP contribution in [0.3, 0.4) is 0 Å². The fraction of sp³-hybridized carbons (Fsp3) is 0.158. The Morgan fingerprint density at radius 3 is 2.92 bits per heavy atom. The van der Waals surface area contributed by atoms with Crippen LogP contribution in [-0.2, 0) is 6.54 Å². The zero-order valence-corrected chi connectivity index (χ0v) is 15.2. The number of fused-ring (bicyclic) bond motifs is 1. The van der Waals surface area contributed by atoms with Gasteiger partial charge in [0.15, 0.2) is 0 Å². The molecule has 0 radical (unpaired) electrons. The van der Waals surface area contributed by atoms with E-state index in [1.165, 1.54) is 0 Å². The molecule has 1 aliphatic rings. The van der Waals surface area contributed by atoms with E-state index < -0.39 is 0 Å². The van der Waals surface area contributed by atoms with Crippen LogP contribution in [-0.4, -0.2) is 15.8 Å². The van der Waals surface area contributed by atoms with E-state index in [0.29, 0.717) is 12.1 Å². The summed E-state index contributed by atoms with van der Waals surface area (Å²) in [6.45, 7) is 2.41. The molecule has 3 heterocycles. The molecule has 0 bridgehead atoms. The van der Waals surface area contributed by atoms with Crippen LogP contribution in [0.5, 0.6) is 0 Å². The summed E-state index contributed by atoms with van der Waals surface area (Å²) < 4.78 is 6.38. The lowest BCUT2D eigenvalue weighted by Gasteiger charge is -2.26. The number of halogens is 1. The summed E-state index contributed by atoms with van der Waals surface area (Å²) in [5.41, 5.74) is 3.42. The predicted molar refractivity (Wildman–Crippen MR) is 98.1 cm³/mol. The van der Waals surface area contributed by atoms with Gasteiger partial charge in [0.2, 0.25) is 0 Å². The molecule has 5 nitrogen and oxygen atoms in total. The van der Waals surface area contributed by atoms with Gasteiger partial charge < -0.3 is 14.6 Å². The first kappa shape index (κ1) is 15.9. The van der Waals surface area contributed by atoms with Gasteiger partial charge in [-0.1, -0.05) is 6.07 Å². The number of hydrogen-bond acceptors (Lipinski definition) is 4. The van der Waals surface area contributed by atoms with Gasteiger partial charge in [-0.05, 0) is 64.8 Å². The van der Waals surface area contributed by atoms with E-state index in [2.05, 4.69) is 26.2 Å². The quantitative estimate of drug-likeness (QED) is 0.703. The van der Waals surface area contributed by atoms with Crippen molar-refractivity contribution in [3.05, 3.63) is 82.0 Å². The van der Waals surface area contributed by atoms with Crippen LogP contribution in [0.4, 0.5) is 5.69 Å². The Morgan fingerprint density at radius 1 is 1.28 bits per heavy atom. The van der Waals surface area contributed by atoms with E-state index in [1.54, 1.807) is 23.4 Å². The van der Waals surface area contributed by atoms with E-state index in [0.717, 1.165) is 27.2 Å². The lowest BCUT2D eigenvalue weighted by molar-refractivity contribution is 0.0714. The summed E-state index contributed by atoms with van der Waals surface area (Å²) in [6, 6.07) is 13.3. The molecule has 3 aromatic rings. The van der Waals surface area contributed by atoms with Crippen molar-refractivity contribution in [2.75, 3.05) is 5.32 Å². The molecule has 25 heavy (non-hydrogen) atoms. The molecule has 1 unspecified atom stereocenters. The molecule has 0 saturated carbocycles. The van der Waals surface area contributed by atoms with Crippen LogP contribution < -0.4 is 5.32 Å². The number of aryl methyl sites for hydroxylation is 1. The Labute approximate surface area is 153 Å². The fourth-order valence-electron chi connectivity index (χ4n) is 3.00. The van der Waals surface area contributed by atoms with Gasteiger partial charge in [0.25, 0.3) is 5.91 Å². The Bertz CT molecular complexity index is 924. The highest BCUT2D eigenvalue weighted by Gasteiger charge is 2.38. The van der Waals surface area contributed by atoms with Crippen molar-refractivity contribution in [1.29, 1.82) is 0 Å². The first-order valence-corrected chi connectivity index (χ1v) is 8.74. The average Bonchev–Trinajstić information content (AvgIpc) is 3.20. The second-order valence-electron chi connectivity index (χ2n) is 5.98. The third-order valence-electron chi connectivity index (χ3n) is 4.22. The zero-order valence-electron chi connectivity index (χ0n) is 13.6. The number of rotatable bonds is 4. The number of nitrogens with zero attached hydrogens (tertiary/aromatic N) is 2. The molecule has 4 rings (SSSR count). The summed E-state index contributed by atoms with van der Waals surface area (Å²) in [5.74, 6) is 0.677. The van der Waals surface area contributed by atoms with Crippen LogP contribution in [0.25, 0.3) is 0 Å². The Morgan fingerprint density at radius 2 is 2.16 bits per heavy atom. The van der Waals surface area contributed by atoms with Gasteiger partial charge in [-0.2, -0.15) is 0 Å². The maximum atomic E-state index is 12.9. The SMILES string of the molecule is Cc1ccc(NC2c3ncccc3C(=O)N2Cc2ccco2)c(Br)c1. The van der Waals surface area contributed by atoms with Crippen molar-refractivity contribution in [2.45, 2.75) is 19.6 Å². The van der Waals surface area contributed by atoms with Crippen LogP contribution in [0.1, 0.15) is 33.5 Å². The number of benzene rings is 1. The molecule has 1 amide bonds. The van der Waals surface area contributed by atoms with Crippen LogP contribution in [0, 0.1) is 6.92 Å². The third kappa shape index (κ3) is 2.93. The first-order chi connectivity index (χ1) is 12.1. The molecule has 0 fully saturated rings. The van der Waals surface area contributed by atoms with Gasteiger partial charge >= 0.3 is 0 Å². The van der Waals surface area contributed by atoms with Crippen molar-refractivity contribution in [3.8, 4) is 0 Å². The van der Waals surface area contributed by atoms with Crippen LogP contribution in [0.15, 0.2) is 63.8 Å². The second-order valence-corrected chi connectivity index (χ2v) is 6.83. The standard InChI is InChI=1S/C19H16BrN3O2/c1-12-6-7-16(15(20)10-12)22-18-17-14(5-2-8-21-17)19(24)23(18)11-13-4-3-9-25-13/h2-10,18,22H,11H2,1H3. The molecule has 2 aromatic heterocycles. The molecule has 1 aromatic carbocycles. The summed E-state index contributed by atoms with van der Waals surface area (Å²) in [5, 5.41) is 3.44. The minimum atomic E-state index is -0.354. The highest BCUT2D eigenvalue weighted by atomic mass is 79.9. The van der Waals surface area contributed by atoms with Gasteiger partial charge in [0, 0.05) is 10.7 Å². The van der Waals surface area contributed by atoms with E-state index in [4.69, 9.17) is 4.42 Å². The monoisotopic (exact) mass is 397 g/mol. The number of amides is 1. The smallest absolute Gasteiger partial charge is 0.258 e. The van der Waals surface area contributed by atoms with Gasteiger partial charge in [0.1, 0.15) is 11.9 Å². The predicted octanol–water partition coefficient (Wildman–Crippen LogP) is 4.51. The van der Waals surface area contributed by atoms with Gasteiger partial charge in [-0.15, -0.1) is 0 Å². The molecule has 0 saturated heterocycles. The summed E-state index contributed by atoms with van der Waals surface area (Å²) >= 11 is 3.59. The van der Waals surface area contributed by atoms with Gasteiger partial charge in [-0.25, -0.2) is 0 Å². The molecule has 0 aliphatic carbocycles. The lowest BCUT2D eigenvalue weighted by atomic mass is 10.2. The molecular weight excluding hydrogens is 382 g/mol. The Hall–Kier alpha value is -2.60. The molecule has 0 spiro atoms. The highest BCUT2D eigenvalue weighted by Crippen LogP contribution is 2.36. The fourth-order valence-corrected chi connectivity index (χ4v) is 3.61. The summed E-state index contributed by atoms with van der Waals surface area (Å²) in [4.78, 5) is 19.0. The number of carbonyl (C=O) groups excluding carboxylic acids is 1. The largest absolute Gasteiger partial charge is 0.467 e. The van der Waals surface area contributed by atoms with Crippen molar-refractivity contribution in [2.24, 2.45) is 0 Å². The number of anilines is 1. The van der Waals surface area contributed by atoms with E-state index in [1.807, 2.05) is 43.3 Å². The van der Waals surface area contributed by atoms with Crippen molar-refractivity contribution >= 4 is 27.5 Å². The third-order valence-corrected chi connectivity index (χ3v) is 4.88. The Kier molecular flexibility index (Phi) is 4.05. The lowest BCUT2D eigenvalue weighted by Crippen LogP contribution is -2.32. The number of pyridine rings is 1. The average molecular weight is 398 g/mol. The number of aromatic nitrogens is 1. The molecule has 126 valence electrons. The Balaban J connectivity index is 1.71. The van der Waals surface area contributed by atoms with Crippen molar-refractivity contribution in [1.82, 2.24) is 9.88 Å². The number of nitrogens with one attached hydrogen (secondary N) is 1. The van der Waals surface area contributed by atoms with E-state index >= 15 is 0 Å². The van der Waals surface area contributed by atoms with E-state index in [9.17, 15) is 4.79 Å². The number of hydrogen-bond donors (Lipinski definition) is 1. The topological polar surface area (TPSA) is 58.4 Å². The summed E-state index contributed by atoms with van der Waals surface area (Å²) in [6.07, 6.45) is 2.97. The molecule has 1 N–H and O–H groups in total. The molecule has 1 atom stereocenters. The van der Waals surface area contributed by atoms with E-state index in [-0.39, 0.29) is 12.1 Å². The number of carbonyl (C=O) groups is 1. The van der Waals surface area contributed by atoms with Crippen LogP contribution in [0.2, 0.25) is 0 Å². The van der Waals surface area contributed by atoms with Crippen LogP contribution >= 0.6 is 15.9 Å². The first-order valence-electron chi connectivity index (χ1n) is 7.94. The molecule has 6 heteroatoms. The summed E-state index contributed by atoms with van der Waals surface area (Å²) in [7, 11) is 0. The normalized spacial score (nSPS) is 16.2. The maximum Gasteiger partial charge on any atom is 0.258 e. The number of furan rings is 1. The highest BCUT2D eigenvalue weighted by molar-refractivity contribution is 9.10. The minimum Gasteiger partial charge on any atom is -0.467 e. The maximum absolute atomic E-state index is 12.9. The second kappa shape index (κ2) is 6.37. The van der Waals surface area contributed by atoms with Gasteiger partial charge in [0.05, 0.1) is 29.8 Å². The van der Waals surface area contributed by atoms with Gasteiger partial charge in [-0.3, -0.25) is 9.78 Å². The van der Waals surface area contributed by atoms with Crippen molar-refractivity contribution < 1.29 is 9.21 Å². The molecular formula is C19H16BrN3O2. The minimum absolute atomic E-state index is 0.0553.